The number of Topliss-reactive ketones (excluding diaryl/α,β-unsaturated/α-hetero) is 3. The Kier molecular flexibility index (Phi) is 20.8. The molecule has 0 spiro atoms. The van der Waals surface area contributed by atoms with E-state index in [0.717, 1.165) is 18.4 Å². The lowest BCUT2D eigenvalue weighted by Crippen LogP contribution is -2.61. The minimum atomic E-state index is -2.43. The summed E-state index contributed by atoms with van der Waals surface area (Å²) in [5.74, 6) is -7.89. The highest BCUT2D eigenvalue weighted by Gasteiger charge is 2.53. The standard InChI is InChI=1S/C52H79N5O12/c1-31-16-12-11-13-17-32(2)43(65-8)28-39-21-19-37(7)52(64,69-39)49(61)50(62)56-23-15-14-18-41(56)51(63)68-44(34(4)26-38-20-22-40(45(27-38)66-9)57-30-53-54-55-57)29-42(58)33(3)25-36(6)47(60)48(67-10)46(59)35(5)24-31/h11-13,16-17,25,30-31,34-41,43-45,47-48,60,64H,14-15,18-24,26-29H2,1-10H3/t31-,34-,35?,36?,37-,38?,39+,40+,41+,43+,44+,45-,47-,48?,52-/m1/s1. The van der Waals surface area contributed by atoms with Crippen LogP contribution < -0.4 is 0 Å². The number of amides is 1. The summed E-state index contributed by atoms with van der Waals surface area (Å²) >= 11 is 0. The Bertz CT molecular complexity index is 2020. The third-order valence-corrected chi connectivity index (χ3v) is 15.2. The van der Waals surface area contributed by atoms with Gasteiger partial charge in [-0.3, -0.25) is 19.2 Å². The molecule has 1 amide bonds. The number of aromatic nitrogens is 4. The van der Waals surface area contributed by atoms with E-state index in [1.807, 2.05) is 58.1 Å². The molecule has 5 rings (SSSR count). The van der Waals surface area contributed by atoms with Crippen LogP contribution >= 0.6 is 0 Å². The largest absolute Gasteiger partial charge is 0.460 e. The molecule has 2 bridgehead atoms. The molecule has 1 aromatic rings. The maximum Gasteiger partial charge on any atom is 0.329 e. The van der Waals surface area contributed by atoms with Crippen molar-refractivity contribution in [2.45, 2.75) is 180 Å². The van der Waals surface area contributed by atoms with Gasteiger partial charge in [-0.05, 0) is 117 Å². The van der Waals surface area contributed by atoms with E-state index in [9.17, 15) is 34.2 Å². The zero-order valence-electron chi connectivity index (χ0n) is 42.5. The van der Waals surface area contributed by atoms with Gasteiger partial charge in [-0.15, -0.1) is 5.10 Å². The summed E-state index contributed by atoms with van der Waals surface area (Å²) in [6.07, 6.45) is 14.0. The van der Waals surface area contributed by atoms with Gasteiger partial charge in [0.15, 0.2) is 11.6 Å². The monoisotopic (exact) mass is 966 g/mol. The van der Waals surface area contributed by atoms with Gasteiger partial charge in [0.1, 0.15) is 24.6 Å². The number of methoxy groups -OCH3 is 3. The van der Waals surface area contributed by atoms with Crippen molar-refractivity contribution in [2.24, 2.45) is 35.5 Å². The first kappa shape index (κ1) is 55.7. The number of fused-ring (bicyclic) bond motifs is 3. The lowest BCUT2D eigenvalue weighted by Gasteiger charge is -2.42. The quantitative estimate of drug-likeness (QED) is 0.235. The average molecular weight is 966 g/mol. The summed E-state index contributed by atoms with van der Waals surface area (Å²) in [5.41, 5.74) is 1.20. The van der Waals surface area contributed by atoms with Crippen molar-refractivity contribution in [1.29, 1.82) is 0 Å². The zero-order valence-corrected chi connectivity index (χ0v) is 42.5. The van der Waals surface area contributed by atoms with Gasteiger partial charge in [-0.2, -0.15) is 0 Å². The van der Waals surface area contributed by atoms with Crippen molar-refractivity contribution < 1.29 is 57.9 Å². The molecule has 1 aromatic heterocycles. The summed E-state index contributed by atoms with van der Waals surface area (Å²) in [5, 5.41) is 35.2. The van der Waals surface area contributed by atoms with E-state index in [-0.39, 0.29) is 60.9 Å². The molecule has 384 valence electrons. The van der Waals surface area contributed by atoms with Crippen LogP contribution in [0.25, 0.3) is 0 Å². The van der Waals surface area contributed by atoms with Crippen LogP contribution in [0.4, 0.5) is 0 Å². The Labute approximate surface area is 408 Å². The normalized spacial score (nSPS) is 36.3. The van der Waals surface area contributed by atoms with E-state index in [2.05, 4.69) is 15.5 Å². The highest BCUT2D eigenvalue weighted by Crippen LogP contribution is 2.39. The Hall–Kier alpha value is -4.26. The molecular weight excluding hydrogens is 887 g/mol. The van der Waals surface area contributed by atoms with E-state index in [1.54, 1.807) is 52.1 Å². The third-order valence-electron chi connectivity index (χ3n) is 15.2. The van der Waals surface area contributed by atoms with Crippen molar-refractivity contribution in [1.82, 2.24) is 25.1 Å². The van der Waals surface area contributed by atoms with Crippen LogP contribution in [-0.4, -0.2) is 141 Å². The van der Waals surface area contributed by atoms with Crippen molar-refractivity contribution in [3.8, 4) is 0 Å². The molecule has 1 aliphatic carbocycles. The van der Waals surface area contributed by atoms with E-state index in [0.29, 0.717) is 56.9 Å². The van der Waals surface area contributed by atoms with Gasteiger partial charge >= 0.3 is 5.97 Å². The minimum absolute atomic E-state index is 0.0197. The number of ether oxygens (including phenoxy) is 5. The van der Waals surface area contributed by atoms with E-state index in [4.69, 9.17) is 23.7 Å². The molecule has 2 saturated heterocycles. The summed E-state index contributed by atoms with van der Waals surface area (Å²) in [4.78, 5) is 72.3. The van der Waals surface area contributed by atoms with Crippen LogP contribution in [0.1, 0.15) is 132 Å². The van der Waals surface area contributed by atoms with E-state index < -0.39 is 77.8 Å². The fraction of sp³-hybridized carbons (Fsp3) is 0.731. The third kappa shape index (κ3) is 14.2. The van der Waals surface area contributed by atoms with Crippen molar-refractivity contribution in [3.05, 3.63) is 53.9 Å². The van der Waals surface area contributed by atoms with Crippen LogP contribution in [0.2, 0.25) is 0 Å². The number of esters is 1. The predicted molar refractivity (Wildman–Crippen MR) is 256 cm³/mol. The van der Waals surface area contributed by atoms with Gasteiger partial charge < -0.3 is 38.8 Å². The number of piperidine rings is 1. The van der Waals surface area contributed by atoms with Crippen LogP contribution in [0, 0.1) is 35.5 Å². The van der Waals surface area contributed by atoms with Gasteiger partial charge in [0, 0.05) is 58.5 Å². The summed E-state index contributed by atoms with van der Waals surface area (Å²) in [7, 11) is 4.63. The molecule has 17 nitrogen and oxygen atoms in total. The maximum absolute atomic E-state index is 14.5. The second kappa shape index (κ2) is 25.7. The number of hydrogen-bond donors (Lipinski definition) is 2. The second-order valence-corrected chi connectivity index (χ2v) is 20.4. The number of aliphatic hydroxyl groups excluding tert-OH is 1. The molecule has 3 aliphatic heterocycles. The summed E-state index contributed by atoms with van der Waals surface area (Å²) in [6, 6.07) is -1.20. The lowest BCUT2D eigenvalue weighted by molar-refractivity contribution is -0.265. The Morgan fingerprint density at radius 2 is 1.65 bits per heavy atom. The number of aliphatic hydroxyl groups is 2. The molecule has 17 heteroatoms. The fourth-order valence-electron chi connectivity index (χ4n) is 10.8. The Morgan fingerprint density at radius 1 is 0.899 bits per heavy atom. The number of nitrogens with zero attached hydrogens (tertiary/aromatic N) is 5. The smallest absolute Gasteiger partial charge is 0.329 e. The number of hydrogen-bond acceptors (Lipinski definition) is 15. The highest BCUT2D eigenvalue weighted by atomic mass is 16.6. The molecule has 4 heterocycles. The number of cyclic esters (lactones) is 1. The van der Waals surface area contributed by atoms with Gasteiger partial charge in [-0.25, -0.2) is 9.48 Å². The molecular formula is C52H79N5O12. The molecule has 69 heavy (non-hydrogen) atoms. The highest BCUT2D eigenvalue weighted by molar-refractivity contribution is 6.39. The maximum atomic E-state index is 14.5. The second-order valence-electron chi connectivity index (χ2n) is 20.4. The van der Waals surface area contributed by atoms with Gasteiger partial charge in [0.2, 0.25) is 5.79 Å². The average Bonchev–Trinajstić information content (AvgIpc) is 3.88. The van der Waals surface area contributed by atoms with E-state index >= 15 is 0 Å². The molecule has 15 atom stereocenters. The molecule has 0 radical (unpaired) electrons. The zero-order chi connectivity index (χ0) is 50.6. The van der Waals surface area contributed by atoms with E-state index in [1.165, 1.54) is 12.0 Å². The van der Waals surface area contributed by atoms with Gasteiger partial charge in [0.05, 0.1) is 30.5 Å². The van der Waals surface area contributed by atoms with Crippen LogP contribution in [-0.2, 0) is 47.7 Å². The van der Waals surface area contributed by atoms with Crippen molar-refractivity contribution in [2.75, 3.05) is 27.9 Å². The first-order valence-corrected chi connectivity index (χ1v) is 25.0. The Morgan fingerprint density at radius 3 is 2.33 bits per heavy atom. The van der Waals surface area contributed by atoms with Gasteiger partial charge in [-0.1, -0.05) is 71.1 Å². The number of carbonyl (C=O) groups excluding carboxylic acids is 5. The molecule has 4 unspecified atom stereocenters. The lowest BCUT2D eigenvalue weighted by atomic mass is 9.77. The van der Waals surface area contributed by atoms with Crippen LogP contribution in [0.3, 0.4) is 0 Å². The number of tetrazole rings is 1. The summed E-state index contributed by atoms with van der Waals surface area (Å²) in [6.45, 7) is 12.8. The molecule has 0 aromatic carbocycles. The van der Waals surface area contributed by atoms with Crippen molar-refractivity contribution in [3.63, 3.8) is 0 Å². The number of ketones is 3. The number of rotatable bonds is 7. The first-order valence-electron chi connectivity index (χ1n) is 25.0. The predicted octanol–water partition coefficient (Wildman–Crippen LogP) is 6.05. The Balaban J connectivity index is 1.46. The molecule has 3 fully saturated rings. The van der Waals surface area contributed by atoms with Crippen LogP contribution in [0.15, 0.2) is 53.9 Å². The first-order chi connectivity index (χ1) is 32.8. The number of carbonyl (C=O) groups is 5. The van der Waals surface area contributed by atoms with Crippen molar-refractivity contribution >= 4 is 29.2 Å². The fourth-order valence-corrected chi connectivity index (χ4v) is 10.8. The molecule has 1 saturated carbocycles. The number of allylic oxidation sites excluding steroid dienone is 6. The SMILES string of the molecule is COC1C(=O)C(C)C[C@H](C)C=CC=CC=C(C)[C@@H](OC)C[C@@H]2CC[C@@H](C)[C@@](O)(O2)C(=O)C(=O)N2CCCC[C@H]2C(=O)O[C@H]([C@H](C)CC2CC[C@H](n3cnnn3)[C@H](OC)C2)CC(=O)C(C)=CC(C)[C@H]1O. The molecule has 4 aliphatic rings. The molecule has 2 N–H and O–H groups in total. The van der Waals surface area contributed by atoms with Crippen LogP contribution in [0.5, 0.6) is 0 Å². The van der Waals surface area contributed by atoms with Gasteiger partial charge in [0.25, 0.3) is 11.7 Å². The summed E-state index contributed by atoms with van der Waals surface area (Å²) < 4.78 is 31.6. The topological polar surface area (TPSA) is 219 Å². The minimum Gasteiger partial charge on any atom is -0.460 e.